The van der Waals surface area contributed by atoms with Crippen molar-refractivity contribution in [1.82, 2.24) is 4.90 Å². The molecule has 2 fully saturated rings. The first-order valence-corrected chi connectivity index (χ1v) is 9.35. The van der Waals surface area contributed by atoms with Gasteiger partial charge in [-0.1, -0.05) is 55.8 Å². The Morgan fingerprint density at radius 2 is 1.68 bits per heavy atom. The molecule has 1 aliphatic carbocycles. The molecular weight excluding hydrogens is 310 g/mol. The van der Waals surface area contributed by atoms with Gasteiger partial charge in [0.2, 0.25) is 5.91 Å². The minimum absolute atomic E-state index is 0.0484. The molecule has 1 aromatic carbocycles. The Bertz CT molecular complexity index is 677. The molecule has 0 N–H and O–H groups in total. The van der Waals surface area contributed by atoms with E-state index in [4.69, 9.17) is 0 Å². The third-order valence-electron chi connectivity index (χ3n) is 5.93. The molecule has 3 nitrogen and oxygen atoms in total. The number of benzene rings is 1. The summed E-state index contributed by atoms with van der Waals surface area (Å²) in [6.45, 7) is 9.97. The van der Waals surface area contributed by atoms with E-state index in [0.29, 0.717) is 19.0 Å². The van der Waals surface area contributed by atoms with E-state index < -0.39 is 0 Å². The van der Waals surface area contributed by atoms with Crippen LogP contribution >= 0.6 is 0 Å². The van der Waals surface area contributed by atoms with Crippen LogP contribution in [0.2, 0.25) is 0 Å². The molecule has 0 bridgehead atoms. The maximum Gasteiger partial charge on any atom is 0.226 e. The molecule has 0 aromatic heterocycles. The highest BCUT2D eigenvalue weighted by atomic mass is 16.2. The van der Waals surface area contributed by atoms with Crippen LogP contribution in [0.3, 0.4) is 0 Å². The van der Waals surface area contributed by atoms with E-state index in [0.717, 1.165) is 18.4 Å². The van der Waals surface area contributed by atoms with Crippen LogP contribution in [0.1, 0.15) is 50.9 Å². The zero-order chi connectivity index (χ0) is 18.2. The smallest absolute Gasteiger partial charge is 0.226 e. The van der Waals surface area contributed by atoms with Crippen molar-refractivity contribution in [2.24, 2.45) is 23.2 Å². The Hall–Kier alpha value is -1.90. The molecule has 0 radical (unpaired) electrons. The van der Waals surface area contributed by atoms with Gasteiger partial charge in [0, 0.05) is 24.6 Å². The molecular formula is C22H29NO2. The Morgan fingerprint density at radius 3 is 2.24 bits per heavy atom. The first-order valence-electron chi connectivity index (χ1n) is 9.35. The van der Waals surface area contributed by atoms with Crippen molar-refractivity contribution in [3.8, 4) is 0 Å². The molecule has 1 aliphatic heterocycles. The lowest BCUT2D eigenvalue weighted by molar-refractivity contribution is -0.134. The van der Waals surface area contributed by atoms with Crippen molar-refractivity contribution in [2.75, 3.05) is 13.1 Å². The van der Waals surface area contributed by atoms with Crippen molar-refractivity contribution < 1.29 is 9.59 Å². The first kappa shape index (κ1) is 17.9. The highest BCUT2D eigenvalue weighted by Gasteiger charge is 2.61. The van der Waals surface area contributed by atoms with Gasteiger partial charge in [-0.3, -0.25) is 9.59 Å². The summed E-state index contributed by atoms with van der Waals surface area (Å²) >= 11 is 0. The predicted octanol–water partition coefficient (Wildman–Crippen LogP) is 4.35. The lowest BCUT2D eigenvalue weighted by Gasteiger charge is -2.32. The van der Waals surface area contributed by atoms with Gasteiger partial charge < -0.3 is 4.90 Å². The van der Waals surface area contributed by atoms with E-state index in [1.54, 1.807) is 0 Å². The molecule has 3 heteroatoms. The summed E-state index contributed by atoms with van der Waals surface area (Å²) in [6, 6.07) is 9.51. The fourth-order valence-corrected chi connectivity index (χ4v) is 4.22. The number of Topliss-reactive ketones (excluding diaryl/α,β-unsaturated/α-hetero) is 1. The van der Waals surface area contributed by atoms with Crippen LogP contribution in [0.25, 0.3) is 0 Å². The number of amides is 1. The average molecular weight is 339 g/mol. The summed E-state index contributed by atoms with van der Waals surface area (Å²) in [5.74, 6) is 1.00. The number of piperidine rings is 1. The van der Waals surface area contributed by atoms with Crippen LogP contribution in [0.5, 0.6) is 0 Å². The molecule has 3 rings (SSSR count). The van der Waals surface area contributed by atoms with Crippen LogP contribution in [0.4, 0.5) is 0 Å². The van der Waals surface area contributed by atoms with E-state index in [2.05, 4.69) is 33.8 Å². The largest absolute Gasteiger partial charge is 0.342 e. The number of ketones is 1. The zero-order valence-electron chi connectivity index (χ0n) is 15.8. The minimum atomic E-state index is 0.0484. The van der Waals surface area contributed by atoms with Crippen molar-refractivity contribution in [2.45, 2.75) is 40.5 Å². The Labute approximate surface area is 151 Å². The van der Waals surface area contributed by atoms with Crippen molar-refractivity contribution in [3.05, 3.63) is 47.5 Å². The van der Waals surface area contributed by atoms with E-state index >= 15 is 0 Å². The summed E-state index contributed by atoms with van der Waals surface area (Å²) in [6.07, 6.45) is 3.80. The molecule has 1 amide bonds. The number of hydrogen-bond donors (Lipinski definition) is 0. The molecule has 2 unspecified atom stereocenters. The van der Waals surface area contributed by atoms with Gasteiger partial charge in [0.15, 0.2) is 5.78 Å². The van der Waals surface area contributed by atoms with Gasteiger partial charge in [0.05, 0.1) is 5.92 Å². The second-order valence-electron chi connectivity index (χ2n) is 8.40. The second kappa shape index (κ2) is 6.78. The highest BCUT2D eigenvalue weighted by Crippen LogP contribution is 2.60. The number of nitrogens with zero attached hydrogens (tertiary/aromatic N) is 1. The van der Waals surface area contributed by atoms with Gasteiger partial charge in [0.1, 0.15) is 0 Å². The number of carbonyl (C=O) groups is 2. The van der Waals surface area contributed by atoms with E-state index in [9.17, 15) is 9.59 Å². The first-order chi connectivity index (χ1) is 11.8. The monoisotopic (exact) mass is 339 g/mol. The van der Waals surface area contributed by atoms with Crippen molar-refractivity contribution >= 4 is 11.7 Å². The maximum absolute atomic E-state index is 12.9. The molecule has 1 saturated carbocycles. The Morgan fingerprint density at radius 1 is 1.08 bits per heavy atom. The van der Waals surface area contributed by atoms with E-state index in [1.165, 1.54) is 5.57 Å². The lowest BCUT2D eigenvalue weighted by atomic mass is 9.88. The van der Waals surface area contributed by atoms with Gasteiger partial charge >= 0.3 is 0 Å². The van der Waals surface area contributed by atoms with Gasteiger partial charge in [-0.25, -0.2) is 0 Å². The van der Waals surface area contributed by atoms with Crippen molar-refractivity contribution in [3.63, 3.8) is 0 Å². The zero-order valence-corrected chi connectivity index (χ0v) is 15.8. The van der Waals surface area contributed by atoms with Crippen molar-refractivity contribution in [1.29, 1.82) is 0 Å². The molecule has 2 aliphatic rings. The molecule has 0 spiro atoms. The minimum Gasteiger partial charge on any atom is -0.342 e. The lowest BCUT2D eigenvalue weighted by Crippen LogP contribution is -2.41. The fourth-order valence-electron chi connectivity index (χ4n) is 4.22. The van der Waals surface area contributed by atoms with Crippen LogP contribution < -0.4 is 0 Å². The molecule has 2 atom stereocenters. The summed E-state index contributed by atoms with van der Waals surface area (Å²) in [5.41, 5.74) is 2.13. The molecule has 25 heavy (non-hydrogen) atoms. The van der Waals surface area contributed by atoms with Gasteiger partial charge in [0.25, 0.3) is 0 Å². The topological polar surface area (TPSA) is 37.4 Å². The van der Waals surface area contributed by atoms with Crippen LogP contribution in [0, 0.1) is 23.2 Å². The standard InChI is InChI=1S/C22H29NO2/c1-15(2)14-18-19(22(18,3)4)21(25)23-12-10-17(11-13-23)20(24)16-8-6-5-7-9-16/h5-9,14,17-19H,10-13H2,1-4H3. The number of hydrogen-bond acceptors (Lipinski definition) is 2. The van der Waals surface area contributed by atoms with Crippen LogP contribution in [-0.4, -0.2) is 29.7 Å². The quantitative estimate of drug-likeness (QED) is 0.604. The van der Waals surface area contributed by atoms with E-state index in [-0.39, 0.29) is 28.9 Å². The second-order valence-corrected chi connectivity index (χ2v) is 8.40. The Balaban J connectivity index is 1.59. The number of allylic oxidation sites excluding steroid dienone is 2. The number of likely N-dealkylation sites (tertiary alicyclic amines) is 1. The molecule has 1 saturated heterocycles. The summed E-state index contributed by atoms with van der Waals surface area (Å²) in [7, 11) is 0. The van der Waals surface area contributed by atoms with Gasteiger partial charge in [-0.05, 0) is 38.0 Å². The SMILES string of the molecule is CC(C)=CC1C(C(=O)N2CCC(C(=O)c3ccccc3)CC2)C1(C)C. The number of rotatable bonds is 4. The summed E-state index contributed by atoms with van der Waals surface area (Å²) < 4.78 is 0. The van der Waals surface area contributed by atoms with Crippen LogP contribution in [-0.2, 0) is 4.79 Å². The summed E-state index contributed by atoms with van der Waals surface area (Å²) in [5, 5.41) is 0. The normalized spacial score (nSPS) is 25.4. The highest BCUT2D eigenvalue weighted by molar-refractivity contribution is 5.98. The van der Waals surface area contributed by atoms with Gasteiger partial charge in [-0.2, -0.15) is 0 Å². The van der Waals surface area contributed by atoms with E-state index in [1.807, 2.05) is 35.2 Å². The average Bonchev–Trinajstić information content (AvgIpc) is 3.14. The summed E-state index contributed by atoms with van der Waals surface area (Å²) in [4.78, 5) is 27.5. The maximum atomic E-state index is 12.9. The van der Waals surface area contributed by atoms with Gasteiger partial charge in [-0.15, -0.1) is 0 Å². The molecule has 1 aromatic rings. The third-order valence-corrected chi connectivity index (χ3v) is 5.93. The number of carbonyl (C=O) groups excluding carboxylic acids is 2. The molecule has 1 heterocycles. The van der Waals surface area contributed by atoms with Crippen LogP contribution in [0.15, 0.2) is 42.0 Å². The molecule has 134 valence electrons. The fraction of sp³-hybridized carbons (Fsp3) is 0.545. The Kier molecular flexibility index (Phi) is 4.86. The third kappa shape index (κ3) is 3.56. The predicted molar refractivity (Wildman–Crippen MR) is 100 cm³/mol.